The van der Waals surface area contributed by atoms with Crippen molar-refractivity contribution < 1.29 is 33.4 Å². The van der Waals surface area contributed by atoms with Gasteiger partial charge in [0.25, 0.3) is 11.8 Å². The number of amides is 2. The first kappa shape index (κ1) is 25.8. The minimum absolute atomic E-state index is 0.266. The summed E-state index contributed by atoms with van der Waals surface area (Å²) < 4.78 is 15.7. The average molecular weight is 456 g/mol. The maximum absolute atomic E-state index is 12.9. The fourth-order valence-electron chi connectivity index (χ4n) is 2.94. The van der Waals surface area contributed by atoms with E-state index in [-0.39, 0.29) is 5.56 Å². The van der Waals surface area contributed by atoms with Crippen LogP contribution in [-0.4, -0.2) is 74.2 Å². The lowest BCUT2D eigenvalue weighted by Gasteiger charge is -2.35. The van der Waals surface area contributed by atoms with Crippen LogP contribution in [0, 0.1) is 11.8 Å². The minimum atomic E-state index is -1.84. The number of Topliss-reactive ketones (excluding diaryl/α,β-unsaturated/α-hetero) is 1. The minimum Gasteiger partial charge on any atom is -0.466 e. The molecule has 0 aliphatic carbocycles. The van der Waals surface area contributed by atoms with Crippen LogP contribution in [0.25, 0.3) is 0 Å². The number of nitrogens with one attached hydrogen (secondary N) is 1. The summed E-state index contributed by atoms with van der Waals surface area (Å²) in [6.07, 6.45) is 1.53. The lowest BCUT2D eigenvalue weighted by atomic mass is 9.92. The molecule has 1 aromatic carbocycles. The molecular weight excluding hydrogens is 428 g/mol. The van der Waals surface area contributed by atoms with Crippen LogP contribution in [0.3, 0.4) is 0 Å². The van der Waals surface area contributed by atoms with Crippen molar-refractivity contribution in [1.29, 1.82) is 0 Å². The van der Waals surface area contributed by atoms with Crippen LogP contribution in [0.2, 0.25) is 0 Å². The number of furan rings is 1. The van der Waals surface area contributed by atoms with Gasteiger partial charge in [0.1, 0.15) is 25.2 Å². The van der Waals surface area contributed by atoms with E-state index in [9.17, 15) is 19.5 Å². The number of hydrogen-bond donors (Lipinski definition) is 2. The molecular formula is C24H28N2O7. The van der Waals surface area contributed by atoms with Crippen molar-refractivity contribution in [3.63, 3.8) is 0 Å². The van der Waals surface area contributed by atoms with Crippen LogP contribution < -0.4 is 5.32 Å². The number of likely N-dealkylation sites (N-methyl/N-ethyl adjacent to an activating group) is 2. The largest absolute Gasteiger partial charge is 0.466 e. The Morgan fingerprint density at radius 1 is 1.15 bits per heavy atom. The highest BCUT2D eigenvalue weighted by Gasteiger charge is 2.46. The molecule has 1 aromatic heterocycles. The van der Waals surface area contributed by atoms with Crippen molar-refractivity contribution in [2.75, 3.05) is 41.0 Å². The van der Waals surface area contributed by atoms with E-state index in [1.807, 2.05) is 0 Å². The summed E-state index contributed by atoms with van der Waals surface area (Å²) in [5, 5.41) is 11.6. The molecule has 0 fully saturated rings. The van der Waals surface area contributed by atoms with E-state index < -0.39 is 29.7 Å². The summed E-state index contributed by atoms with van der Waals surface area (Å²) in [5.74, 6) is 4.59. The molecule has 0 aliphatic rings. The van der Waals surface area contributed by atoms with Gasteiger partial charge in [-0.25, -0.2) is 0 Å². The molecule has 0 unspecified atom stereocenters. The second-order valence-electron chi connectivity index (χ2n) is 7.27. The molecule has 1 heterocycles. The van der Waals surface area contributed by atoms with Gasteiger partial charge < -0.3 is 29.2 Å². The zero-order valence-electron chi connectivity index (χ0n) is 19.1. The molecule has 2 amide bonds. The summed E-state index contributed by atoms with van der Waals surface area (Å²) in [6.45, 7) is 1.72. The molecule has 0 saturated carbocycles. The van der Waals surface area contributed by atoms with Crippen LogP contribution in [-0.2, 0) is 25.7 Å². The van der Waals surface area contributed by atoms with Gasteiger partial charge in [0.15, 0.2) is 11.3 Å². The number of ketones is 1. The van der Waals surface area contributed by atoms with Gasteiger partial charge in [-0.2, -0.15) is 0 Å². The molecule has 176 valence electrons. The average Bonchev–Trinajstić information content (AvgIpc) is 3.30. The Bertz CT molecular complexity index is 1020. The van der Waals surface area contributed by atoms with Crippen LogP contribution in [0.1, 0.15) is 34.2 Å². The van der Waals surface area contributed by atoms with Gasteiger partial charge in [-0.3, -0.25) is 14.4 Å². The third kappa shape index (κ3) is 6.29. The zero-order chi connectivity index (χ0) is 24.4. The second kappa shape index (κ2) is 12.0. The fourth-order valence-corrected chi connectivity index (χ4v) is 2.94. The van der Waals surface area contributed by atoms with E-state index in [0.29, 0.717) is 36.7 Å². The maximum atomic E-state index is 12.9. The van der Waals surface area contributed by atoms with Gasteiger partial charge in [0.2, 0.25) is 0 Å². The zero-order valence-corrected chi connectivity index (χ0v) is 19.1. The quantitative estimate of drug-likeness (QED) is 0.311. The number of nitrogens with zero attached hydrogens (tertiary/aromatic N) is 1. The van der Waals surface area contributed by atoms with Crippen molar-refractivity contribution in [3.05, 3.63) is 59.0 Å². The molecule has 2 aromatic rings. The first-order valence-electron chi connectivity index (χ1n) is 10.2. The Kier molecular flexibility index (Phi) is 9.36. The van der Waals surface area contributed by atoms with Gasteiger partial charge in [-0.15, -0.1) is 0 Å². The predicted molar refractivity (Wildman–Crippen MR) is 119 cm³/mol. The van der Waals surface area contributed by atoms with Crippen LogP contribution in [0.15, 0.2) is 41.0 Å². The van der Waals surface area contributed by atoms with Gasteiger partial charge in [0, 0.05) is 32.3 Å². The van der Waals surface area contributed by atoms with E-state index in [2.05, 4.69) is 17.2 Å². The summed E-state index contributed by atoms with van der Waals surface area (Å²) in [4.78, 5) is 38.4. The number of methoxy groups -OCH3 is 1. The highest BCUT2D eigenvalue weighted by molar-refractivity contribution is 6.14. The molecule has 2 N–H and O–H groups in total. The molecule has 9 heteroatoms. The molecule has 0 bridgehead atoms. The molecule has 0 spiro atoms. The fraction of sp³-hybridized carbons (Fsp3) is 0.375. The molecule has 0 aliphatic heterocycles. The van der Waals surface area contributed by atoms with Crippen LogP contribution in [0.5, 0.6) is 0 Å². The number of ether oxygens (including phenoxy) is 2. The summed E-state index contributed by atoms with van der Waals surface area (Å²) in [5.41, 5.74) is -0.230. The number of carbonyl (C=O) groups is 3. The van der Waals surface area contributed by atoms with E-state index in [1.54, 1.807) is 37.4 Å². The van der Waals surface area contributed by atoms with Gasteiger partial charge in [-0.1, -0.05) is 11.8 Å². The second-order valence-corrected chi connectivity index (χ2v) is 7.27. The molecule has 2 rings (SSSR count). The lowest BCUT2D eigenvalue weighted by molar-refractivity contribution is -0.143. The topological polar surface area (TPSA) is 118 Å². The molecule has 1 atom stereocenters. The first-order chi connectivity index (χ1) is 15.8. The molecule has 9 nitrogen and oxygen atoms in total. The number of carbonyl (C=O) groups excluding carboxylic acids is 3. The standard InChI is InChI=1S/C24H28N2O7/c1-24(21(28)14-27,23(30)25-2)26(3)22(29)19-9-7-17(8-10-19)5-6-18-13-20(33-15-18)16-32-12-11-31-4/h7-10,13,15,27H,11-12,14,16H2,1-4H3,(H,25,30)/t24-/m1/s1. The maximum Gasteiger partial charge on any atom is 0.254 e. The normalized spacial score (nSPS) is 12.3. The van der Waals surface area contributed by atoms with Crippen molar-refractivity contribution in [2.45, 2.75) is 19.1 Å². The third-order valence-electron chi connectivity index (χ3n) is 5.14. The Morgan fingerprint density at radius 2 is 1.82 bits per heavy atom. The summed E-state index contributed by atoms with van der Waals surface area (Å²) >= 11 is 0. The van der Waals surface area contributed by atoms with E-state index >= 15 is 0 Å². The Balaban J connectivity index is 2.10. The van der Waals surface area contributed by atoms with Crippen molar-refractivity contribution in [2.24, 2.45) is 0 Å². The molecule has 0 radical (unpaired) electrons. The summed E-state index contributed by atoms with van der Waals surface area (Å²) in [7, 11) is 4.30. The SMILES string of the molecule is CNC(=O)[C@@](C)(C(=O)CO)N(C)C(=O)c1ccc(C#Cc2coc(COCCOC)c2)cc1. The Labute approximate surface area is 192 Å². The van der Waals surface area contributed by atoms with Gasteiger partial charge in [-0.05, 0) is 37.3 Å². The first-order valence-corrected chi connectivity index (χ1v) is 10.2. The number of aliphatic hydroxyl groups is 1. The number of hydrogen-bond acceptors (Lipinski definition) is 7. The van der Waals surface area contributed by atoms with E-state index in [0.717, 1.165) is 4.90 Å². The van der Waals surface area contributed by atoms with Gasteiger partial charge >= 0.3 is 0 Å². The Morgan fingerprint density at radius 3 is 2.42 bits per heavy atom. The smallest absolute Gasteiger partial charge is 0.254 e. The van der Waals surface area contributed by atoms with Crippen LogP contribution in [0.4, 0.5) is 0 Å². The van der Waals surface area contributed by atoms with E-state index in [4.69, 9.17) is 13.9 Å². The van der Waals surface area contributed by atoms with Crippen molar-refractivity contribution >= 4 is 17.6 Å². The highest BCUT2D eigenvalue weighted by Crippen LogP contribution is 2.19. The van der Waals surface area contributed by atoms with E-state index in [1.165, 1.54) is 27.3 Å². The third-order valence-corrected chi connectivity index (χ3v) is 5.14. The summed E-state index contributed by atoms with van der Waals surface area (Å²) in [6, 6.07) is 8.22. The monoisotopic (exact) mass is 456 g/mol. The van der Waals surface area contributed by atoms with Crippen molar-refractivity contribution in [1.82, 2.24) is 10.2 Å². The highest BCUT2D eigenvalue weighted by atomic mass is 16.5. The number of benzene rings is 1. The van der Waals surface area contributed by atoms with Crippen molar-refractivity contribution in [3.8, 4) is 11.8 Å². The molecule has 33 heavy (non-hydrogen) atoms. The number of rotatable bonds is 10. The number of aliphatic hydroxyl groups excluding tert-OH is 1. The Hall–Kier alpha value is -3.45. The van der Waals surface area contributed by atoms with Gasteiger partial charge in [0.05, 0.1) is 18.8 Å². The predicted octanol–water partition coefficient (Wildman–Crippen LogP) is 0.981. The molecule has 0 saturated heterocycles. The lowest BCUT2D eigenvalue weighted by Crippen LogP contribution is -2.62. The van der Waals surface area contributed by atoms with Crippen LogP contribution >= 0.6 is 0 Å².